The predicted molar refractivity (Wildman–Crippen MR) is 107 cm³/mol. The summed E-state index contributed by atoms with van der Waals surface area (Å²) < 4.78 is 15.4. The number of nitrogens with one attached hydrogen (secondary N) is 2. The Kier molecular flexibility index (Phi) is 3.61. The zero-order valence-corrected chi connectivity index (χ0v) is 15.1. The fraction of sp³-hybridized carbons (Fsp3) is 0.0500. The average molecular weight is 375 g/mol. The van der Waals surface area contributed by atoms with Gasteiger partial charge in [0.15, 0.2) is 5.82 Å². The van der Waals surface area contributed by atoms with E-state index < -0.39 is 0 Å². The van der Waals surface area contributed by atoms with Gasteiger partial charge in [-0.15, -0.1) is 11.3 Å². The SMILES string of the molecule is Cc1cccc(F)c1Nc1nc2c(-c3ncn[nH]3)cccc2c2ccsc12. The minimum absolute atomic E-state index is 0.301. The van der Waals surface area contributed by atoms with Gasteiger partial charge in [-0.25, -0.2) is 14.4 Å². The average Bonchev–Trinajstić information content (AvgIpc) is 3.36. The van der Waals surface area contributed by atoms with Gasteiger partial charge in [0.1, 0.15) is 18.0 Å². The van der Waals surface area contributed by atoms with Crippen molar-refractivity contribution in [3.63, 3.8) is 0 Å². The molecule has 27 heavy (non-hydrogen) atoms. The van der Waals surface area contributed by atoms with Gasteiger partial charge in [0.25, 0.3) is 0 Å². The first-order valence-electron chi connectivity index (χ1n) is 8.40. The molecule has 2 N–H and O–H groups in total. The fourth-order valence-electron chi connectivity index (χ4n) is 3.27. The molecular weight excluding hydrogens is 361 g/mol. The molecule has 0 aliphatic rings. The largest absolute Gasteiger partial charge is 0.336 e. The molecule has 0 radical (unpaired) electrons. The number of rotatable bonds is 3. The van der Waals surface area contributed by atoms with Crippen LogP contribution in [0.25, 0.3) is 32.4 Å². The van der Waals surface area contributed by atoms with Crippen LogP contribution in [0, 0.1) is 12.7 Å². The molecule has 5 rings (SSSR count). The van der Waals surface area contributed by atoms with Crippen LogP contribution < -0.4 is 5.32 Å². The quantitative estimate of drug-likeness (QED) is 0.441. The summed E-state index contributed by atoms with van der Waals surface area (Å²) in [6.45, 7) is 1.87. The van der Waals surface area contributed by atoms with E-state index >= 15 is 0 Å². The maximum Gasteiger partial charge on any atom is 0.157 e. The number of anilines is 2. The zero-order valence-electron chi connectivity index (χ0n) is 14.3. The second-order valence-corrected chi connectivity index (χ2v) is 7.13. The van der Waals surface area contributed by atoms with Gasteiger partial charge in [0.05, 0.1) is 15.9 Å². The Morgan fingerprint density at radius 2 is 1.96 bits per heavy atom. The van der Waals surface area contributed by atoms with E-state index in [2.05, 4.69) is 26.6 Å². The van der Waals surface area contributed by atoms with Crippen molar-refractivity contribution in [3.8, 4) is 11.4 Å². The molecule has 2 aromatic carbocycles. The Labute approximate surface area is 157 Å². The zero-order chi connectivity index (χ0) is 18.4. The highest BCUT2D eigenvalue weighted by Gasteiger charge is 2.16. The predicted octanol–water partition coefficient (Wildman–Crippen LogP) is 5.43. The van der Waals surface area contributed by atoms with E-state index in [4.69, 9.17) is 4.98 Å². The lowest BCUT2D eigenvalue weighted by Crippen LogP contribution is -2.00. The number of aromatic nitrogens is 4. The topological polar surface area (TPSA) is 66.5 Å². The van der Waals surface area contributed by atoms with E-state index in [1.54, 1.807) is 17.4 Å². The first-order chi connectivity index (χ1) is 13.2. The number of halogens is 1. The van der Waals surface area contributed by atoms with E-state index in [-0.39, 0.29) is 5.82 Å². The number of hydrogen-bond acceptors (Lipinski definition) is 5. The maximum absolute atomic E-state index is 14.4. The van der Waals surface area contributed by atoms with Crippen molar-refractivity contribution in [2.75, 3.05) is 5.32 Å². The van der Waals surface area contributed by atoms with Gasteiger partial charge in [-0.1, -0.05) is 24.3 Å². The van der Waals surface area contributed by atoms with Crippen molar-refractivity contribution in [1.82, 2.24) is 20.2 Å². The summed E-state index contributed by atoms with van der Waals surface area (Å²) in [5.41, 5.74) is 2.91. The molecule has 0 saturated carbocycles. The summed E-state index contributed by atoms with van der Waals surface area (Å²) in [6.07, 6.45) is 1.47. The van der Waals surface area contributed by atoms with Crippen LogP contribution in [0.4, 0.5) is 15.9 Å². The highest BCUT2D eigenvalue weighted by atomic mass is 32.1. The number of aromatic amines is 1. The van der Waals surface area contributed by atoms with E-state index in [0.717, 1.165) is 32.1 Å². The Hall–Kier alpha value is -3.32. The smallest absolute Gasteiger partial charge is 0.157 e. The summed E-state index contributed by atoms with van der Waals surface area (Å²) in [6, 6.07) is 13.1. The molecule has 5 nitrogen and oxygen atoms in total. The van der Waals surface area contributed by atoms with Crippen LogP contribution in [-0.2, 0) is 0 Å². The highest BCUT2D eigenvalue weighted by Crippen LogP contribution is 2.38. The summed E-state index contributed by atoms with van der Waals surface area (Å²) in [5.74, 6) is 0.980. The maximum atomic E-state index is 14.4. The molecular formula is C20H14FN5S. The molecule has 0 aliphatic carbocycles. The van der Waals surface area contributed by atoms with Crippen LogP contribution in [0.3, 0.4) is 0 Å². The number of benzene rings is 2. The first-order valence-corrected chi connectivity index (χ1v) is 9.28. The number of thiophene rings is 1. The van der Waals surface area contributed by atoms with Crippen LogP contribution in [0.2, 0.25) is 0 Å². The molecule has 0 bridgehead atoms. The monoisotopic (exact) mass is 375 g/mol. The van der Waals surface area contributed by atoms with Gasteiger partial charge in [-0.2, -0.15) is 5.10 Å². The van der Waals surface area contributed by atoms with E-state index in [0.29, 0.717) is 17.3 Å². The van der Waals surface area contributed by atoms with Crippen molar-refractivity contribution in [2.24, 2.45) is 0 Å². The highest BCUT2D eigenvalue weighted by molar-refractivity contribution is 7.18. The Balaban J connectivity index is 1.79. The molecule has 3 heterocycles. The van der Waals surface area contributed by atoms with Crippen LogP contribution in [0.5, 0.6) is 0 Å². The molecule has 0 saturated heterocycles. The lowest BCUT2D eigenvalue weighted by molar-refractivity contribution is 0.631. The Morgan fingerprint density at radius 1 is 1.07 bits per heavy atom. The van der Waals surface area contributed by atoms with Gasteiger partial charge in [0.2, 0.25) is 0 Å². The van der Waals surface area contributed by atoms with Crippen molar-refractivity contribution < 1.29 is 4.39 Å². The van der Waals surface area contributed by atoms with E-state index in [1.165, 1.54) is 12.4 Å². The van der Waals surface area contributed by atoms with Gasteiger partial charge >= 0.3 is 0 Å². The number of aryl methyl sites for hydroxylation is 1. The van der Waals surface area contributed by atoms with Crippen LogP contribution in [0.1, 0.15) is 5.56 Å². The van der Waals surface area contributed by atoms with Gasteiger partial charge in [-0.3, -0.25) is 5.10 Å². The Morgan fingerprint density at radius 3 is 2.78 bits per heavy atom. The summed E-state index contributed by atoms with van der Waals surface area (Å²) in [4.78, 5) is 9.12. The normalized spacial score (nSPS) is 11.3. The second-order valence-electron chi connectivity index (χ2n) is 6.22. The summed E-state index contributed by atoms with van der Waals surface area (Å²) in [7, 11) is 0. The molecule has 0 aliphatic heterocycles. The number of hydrogen-bond donors (Lipinski definition) is 2. The molecule has 0 atom stereocenters. The van der Waals surface area contributed by atoms with Gasteiger partial charge in [-0.05, 0) is 36.1 Å². The van der Waals surface area contributed by atoms with Crippen molar-refractivity contribution in [2.45, 2.75) is 6.92 Å². The van der Waals surface area contributed by atoms with E-state index in [1.807, 2.05) is 36.6 Å². The lowest BCUT2D eigenvalue weighted by Gasteiger charge is -2.13. The fourth-order valence-corrected chi connectivity index (χ4v) is 4.12. The Bertz CT molecular complexity index is 1260. The third-order valence-electron chi connectivity index (χ3n) is 4.57. The third kappa shape index (κ3) is 2.55. The number of H-pyrrole nitrogens is 1. The molecule has 3 aromatic heterocycles. The molecule has 0 spiro atoms. The van der Waals surface area contributed by atoms with Crippen molar-refractivity contribution in [1.29, 1.82) is 0 Å². The van der Waals surface area contributed by atoms with Crippen LogP contribution >= 0.6 is 11.3 Å². The van der Waals surface area contributed by atoms with E-state index in [9.17, 15) is 4.39 Å². The number of pyridine rings is 1. The van der Waals surface area contributed by atoms with Gasteiger partial charge < -0.3 is 5.32 Å². The lowest BCUT2D eigenvalue weighted by atomic mass is 10.1. The van der Waals surface area contributed by atoms with Crippen molar-refractivity contribution in [3.05, 3.63) is 65.6 Å². The number of nitrogens with zero attached hydrogens (tertiary/aromatic N) is 3. The number of fused-ring (bicyclic) bond motifs is 3. The molecule has 5 aromatic rings. The van der Waals surface area contributed by atoms with Crippen LogP contribution in [0.15, 0.2) is 54.2 Å². The third-order valence-corrected chi connectivity index (χ3v) is 5.49. The second kappa shape index (κ2) is 6.14. The molecule has 7 heteroatoms. The summed E-state index contributed by atoms with van der Waals surface area (Å²) >= 11 is 1.58. The molecule has 0 unspecified atom stereocenters. The minimum Gasteiger partial charge on any atom is -0.336 e. The molecule has 0 fully saturated rings. The van der Waals surface area contributed by atoms with Crippen molar-refractivity contribution >= 4 is 43.8 Å². The standard InChI is InChI=1S/C20H14FN5S/c1-11-4-2-7-15(21)16(11)24-20-18-13(8-9-27-18)12-5-3-6-14(17(12)25-20)19-22-10-23-26-19/h2-10H,1H3,(H,24,25)(H,22,23,26). The van der Waals surface area contributed by atoms with Crippen LogP contribution in [-0.4, -0.2) is 20.2 Å². The minimum atomic E-state index is -0.301. The first kappa shape index (κ1) is 15.9. The molecule has 132 valence electrons. The van der Waals surface area contributed by atoms with Gasteiger partial charge in [0, 0.05) is 16.3 Å². The molecule has 0 amide bonds. The number of para-hydroxylation sites is 2. The summed E-state index contributed by atoms with van der Waals surface area (Å²) in [5, 5.41) is 14.2.